The maximum Gasteiger partial charge on any atom is 0.269 e. The number of aromatic nitrogens is 2. The molecule has 0 saturated carbocycles. The lowest BCUT2D eigenvalue weighted by Gasteiger charge is -2.32. The summed E-state index contributed by atoms with van der Waals surface area (Å²) in [5.41, 5.74) is 1.58. The summed E-state index contributed by atoms with van der Waals surface area (Å²) in [6.45, 7) is 4.36. The number of imidazole rings is 1. The molecule has 0 radical (unpaired) electrons. The average molecular weight is 640 g/mol. The normalized spacial score (nSPS) is 12.4. The van der Waals surface area contributed by atoms with Crippen LogP contribution in [0.1, 0.15) is 47.4 Å². The lowest BCUT2D eigenvalue weighted by Crippen LogP contribution is -2.49. The van der Waals surface area contributed by atoms with Crippen LogP contribution in [0.4, 0.5) is 14.5 Å². The molecule has 0 fully saturated rings. The molecule has 0 saturated heterocycles. The first-order valence-corrected chi connectivity index (χ1v) is 15.4. The van der Waals surface area contributed by atoms with E-state index in [4.69, 9.17) is 0 Å². The van der Waals surface area contributed by atoms with Crippen LogP contribution < -0.4 is 5.32 Å². The Balaban J connectivity index is 1.38. The van der Waals surface area contributed by atoms with Crippen molar-refractivity contribution in [2.75, 3.05) is 6.54 Å². The number of nitro benzene ring substituents is 1. The van der Waals surface area contributed by atoms with Crippen LogP contribution >= 0.6 is 0 Å². The summed E-state index contributed by atoms with van der Waals surface area (Å²) < 4.78 is 31.6. The molecule has 5 rings (SSSR count). The van der Waals surface area contributed by atoms with Gasteiger partial charge in [-0.25, -0.2) is 13.8 Å². The lowest BCUT2D eigenvalue weighted by atomic mass is 9.97. The molecule has 4 aromatic carbocycles. The van der Waals surface area contributed by atoms with E-state index in [2.05, 4.69) is 10.3 Å². The van der Waals surface area contributed by atoms with Crippen molar-refractivity contribution in [1.29, 1.82) is 0 Å². The number of hydrogen-bond donors (Lipinski definition) is 1. The standard InChI is InChI=1S/C36H35F2N5O4/c1-3-24(2)33(40-34(44)18-29-19-39-23-42(29)20-25-14-16-28(17-15-25)43(46)47)22-41(36(45)35-31(37)12-7-13-32(35)38)21-27-10-6-9-26-8-4-5-11-30(26)27/h4-17,19,23-24,33H,3,18,20-22H2,1-2H3,(H,40,44)/t24-,33+/m0/s1. The monoisotopic (exact) mass is 639 g/mol. The number of amides is 2. The number of non-ortho nitro benzene ring substituents is 1. The van der Waals surface area contributed by atoms with Crippen LogP contribution in [0.2, 0.25) is 0 Å². The van der Waals surface area contributed by atoms with Gasteiger partial charge in [-0.3, -0.25) is 19.7 Å². The van der Waals surface area contributed by atoms with Gasteiger partial charge in [0.05, 0.1) is 17.7 Å². The molecule has 5 aromatic rings. The smallest absolute Gasteiger partial charge is 0.269 e. The Morgan fingerprint density at radius 1 is 0.979 bits per heavy atom. The molecule has 11 heteroatoms. The van der Waals surface area contributed by atoms with E-state index in [0.717, 1.165) is 34.0 Å². The van der Waals surface area contributed by atoms with E-state index in [0.29, 0.717) is 18.7 Å². The molecule has 0 bridgehead atoms. The first-order valence-electron chi connectivity index (χ1n) is 15.4. The van der Waals surface area contributed by atoms with Crippen LogP contribution in [0.15, 0.2) is 97.5 Å². The quantitative estimate of drug-likeness (QED) is 0.114. The second kappa shape index (κ2) is 14.8. The number of nitrogens with zero attached hydrogens (tertiary/aromatic N) is 4. The van der Waals surface area contributed by atoms with Crippen molar-refractivity contribution in [2.45, 2.75) is 45.8 Å². The molecule has 0 aliphatic heterocycles. The number of nitro groups is 1. The van der Waals surface area contributed by atoms with Gasteiger partial charge in [0, 0.05) is 49.7 Å². The fourth-order valence-corrected chi connectivity index (χ4v) is 5.59. The zero-order chi connectivity index (χ0) is 33.5. The largest absolute Gasteiger partial charge is 0.351 e. The first kappa shape index (κ1) is 32.9. The van der Waals surface area contributed by atoms with Crippen molar-refractivity contribution in [3.8, 4) is 0 Å². The van der Waals surface area contributed by atoms with E-state index in [1.54, 1.807) is 29.2 Å². The second-order valence-corrected chi connectivity index (χ2v) is 11.6. The summed E-state index contributed by atoms with van der Waals surface area (Å²) in [5.74, 6) is -3.11. The maximum absolute atomic E-state index is 14.9. The summed E-state index contributed by atoms with van der Waals surface area (Å²) in [6, 6.07) is 22.3. The fourth-order valence-electron chi connectivity index (χ4n) is 5.59. The topological polar surface area (TPSA) is 110 Å². The minimum absolute atomic E-state index is 0.0125. The van der Waals surface area contributed by atoms with Crippen LogP contribution in [-0.4, -0.2) is 43.8 Å². The van der Waals surface area contributed by atoms with Gasteiger partial charge < -0.3 is 14.8 Å². The maximum atomic E-state index is 14.9. The van der Waals surface area contributed by atoms with Gasteiger partial charge in [0.25, 0.3) is 11.6 Å². The van der Waals surface area contributed by atoms with Crippen molar-refractivity contribution >= 4 is 28.3 Å². The van der Waals surface area contributed by atoms with E-state index in [1.807, 2.05) is 56.3 Å². The van der Waals surface area contributed by atoms with Gasteiger partial charge in [-0.2, -0.15) is 0 Å². The van der Waals surface area contributed by atoms with E-state index in [9.17, 15) is 28.5 Å². The Kier molecular flexibility index (Phi) is 10.3. The van der Waals surface area contributed by atoms with Gasteiger partial charge in [-0.1, -0.05) is 80.9 Å². The highest BCUT2D eigenvalue weighted by atomic mass is 19.1. The number of rotatable bonds is 13. The number of benzene rings is 4. The Hall–Kier alpha value is -5.45. The minimum Gasteiger partial charge on any atom is -0.351 e. The van der Waals surface area contributed by atoms with Gasteiger partial charge >= 0.3 is 0 Å². The molecule has 242 valence electrons. The van der Waals surface area contributed by atoms with Crippen molar-refractivity contribution in [2.24, 2.45) is 5.92 Å². The SMILES string of the molecule is CC[C@H](C)[C@@H](CN(Cc1cccc2ccccc12)C(=O)c1c(F)cccc1F)NC(=O)Cc1cncn1Cc1ccc([N+](=O)[O-])cc1. The Bertz CT molecular complexity index is 1870. The van der Waals surface area contributed by atoms with Crippen molar-refractivity contribution < 1.29 is 23.3 Å². The van der Waals surface area contributed by atoms with Gasteiger partial charge in [0.1, 0.15) is 17.2 Å². The van der Waals surface area contributed by atoms with E-state index < -0.39 is 34.1 Å². The zero-order valence-corrected chi connectivity index (χ0v) is 26.1. The molecule has 1 aromatic heterocycles. The fraction of sp³-hybridized carbons (Fsp3) is 0.250. The average Bonchev–Trinajstić information content (AvgIpc) is 3.49. The molecule has 0 aliphatic rings. The number of fused-ring (bicyclic) bond motifs is 1. The molecule has 1 N–H and O–H groups in total. The van der Waals surface area contributed by atoms with Crippen LogP contribution in [0.25, 0.3) is 10.8 Å². The van der Waals surface area contributed by atoms with E-state index in [-0.39, 0.29) is 37.0 Å². The summed E-state index contributed by atoms with van der Waals surface area (Å²) in [6.07, 6.45) is 3.83. The highest BCUT2D eigenvalue weighted by molar-refractivity contribution is 5.95. The van der Waals surface area contributed by atoms with Crippen LogP contribution in [0.5, 0.6) is 0 Å². The van der Waals surface area contributed by atoms with E-state index >= 15 is 0 Å². The van der Waals surface area contributed by atoms with Gasteiger partial charge in [0.2, 0.25) is 5.91 Å². The minimum atomic E-state index is -0.955. The predicted molar refractivity (Wildman–Crippen MR) is 175 cm³/mol. The van der Waals surface area contributed by atoms with E-state index in [1.165, 1.54) is 23.1 Å². The van der Waals surface area contributed by atoms with Gasteiger partial charge in [-0.05, 0) is 39.9 Å². The first-order chi connectivity index (χ1) is 22.6. The Morgan fingerprint density at radius 2 is 1.66 bits per heavy atom. The molecular formula is C36H35F2N5O4. The van der Waals surface area contributed by atoms with Crippen molar-refractivity contribution in [3.05, 3.63) is 142 Å². The molecular weight excluding hydrogens is 604 g/mol. The third-order valence-corrected chi connectivity index (χ3v) is 8.44. The molecule has 1 heterocycles. The third kappa shape index (κ3) is 7.86. The highest BCUT2D eigenvalue weighted by Crippen LogP contribution is 2.24. The van der Waals surface area contributed by atoms with Crippen LogP contribution in [0.3, 0.4) is 0 Å². The third-order valence-electron chi connectivity index (χ3n) is 8.44. The molecule has 9 nitrogen and oxygen atoms in total. The Labute approximate surface area is 271 Å². The summed E-state index contributed by atoms with van der Waals surface area (Å²) >= 11 is 0. The molecule has 47 heavy (non-hydrogen) atoms. The zero-order valence-electron chi connectivity index (χ0n) is 26.1. The van der Waals surface area contributed by atoms with Gasteiger partial charge in [-0.15, -0.1) is 0 Å². The number of carbonyl (C=O) groups is 2. The molecule has 0 aliphatic carbocycles. The van der Waals surface area contributed by atoms with Gasteiger partial charge in [0.15, 0.2) is 0 Å². The predicted octanol–water partition coefficient (Wildman–Crippen LogP) is 6.69. The molecule has 0 unspecified atom stereocenters. The second-order valence-electron chi connectivity index (χ2n) is 11.6. The number of carbonyl (C=O) groups excluding carboxylic acids is 2. The molecule has 0 spiro atoms. The molecule has 2 atom stereocenters. The summed E-state index contributed by atoms with van der Waals surface area (Å²) in [5, 5.41) is 15.9. The number of nitrogens with one attached hydrogen (secondary N) is 1. The van der Waals surface area contributed by atoms with Crippen LogP contribution in [0, 0.1) is 27.7 Å². The van der Waals surface area contributed by atoms with Crippen LogP contribution in [-0.2, 0) is 24.3 Å². The summed E-state index contributed by atoms with van der Waals surface area (Å²) in [7, 11) is 0. The molecule has 2 amide bonds. The Morgan fingerprint density at radius 3 is 2.36 bits per heavy atom. The summed E-state index contributed by atoms with van der Waals surface area (Å²) in [4.78, 5) is 43.5. The van der Waals surface area contributed by atoms with Crippen molar-refractivity contribution in [1.82, 2.24) is 19.8 Å². The number of halogens is 2. The van der Waals surface area contributed by atoms with Crippen molar-refractivity contribution in [3.63, 3.8) is 0 Å². The number of hydrogen-bond acceptors (Lipinski definition) is 5. The highest BCUT2D eigenvalue weighted by Gasteiger charge is 2.29. The lowest BCUT2D eigenvalue weighted by molar-refractivity contribution is -0.384.